The minimum Gasteiger partial charge on any atom is -0.344 e. The third-order valence-electron chi connectivity index (χ3n) is 0. The van der Waals surface area contributed by atoms with Gasteiger partial charge in [0.2, 0.25) is 0 Å². The summed E-state index contributed by atoms with van der Waals surface area (Å²) in [6.07, 6.45) is 0. The molecule has 0 unspecified atom stereocenters. The molecule has 0 aromatic carbocycles. The van der Waals surface area contributed by atoms with Crippen molar-refractivity contribution < 1.29 is 4.70 Å². The Hall–Kier alpha value is 0.240. The van der Waals surface area contributed by atoms with Crippen LogP contribution in [0, 0.1) is 0 Å². The third-order valence-corrected chi connectivity index (χ3v) is 0. The van der Waals surface area contributed by atoms with Gasteiger partial charge in [-0.1, -0.05) is 7.43 Å². The van der Waals surface area contributed by atoms with E-state index in [0.717, 1.165) is 0 Å². The van der Waals surface area contributed by atoms with Crippen molar-refractivity contribution in [2.24, 2.45) is 0 Å². The minimum atomic E-state index is 0. The zero-order valence-corrected chi connectivity index (χ0v) is 2.62. The first kappa shape index (κ1) is 773. The van der Waals surface area contributed by atoms with Gasteiger partial charge in [0.05, 0.1) is 0 Å². The molecule has 3 N–H and O–H groups in total. The van der Waals surface area contributed by atoms with Crippen molar-refractivity contribution in [2.45, 2.75) is 7.43 Å². The summed E-state index contributed by atoms with van der Waals surface area (Å²) in [6.45, 7) is 0. The van der Waals surface area contributed by atoms with Gasteiger partial charge in [-0.25, -0.2) is 0 Å². The van der Waals surface area contributed by atoms with Crippen LogP contribution in [0.4, 0.5) is 4.70 Å². The van der Waals surface area contributed by atoms with E-state index in [1.54, 1.807) is 0 Å². The Morgan fingerprint density at radius 2 is 1.00 bits per heavy atom. The van der Waals surface area contributed by atoms with E-state index >= 15 is 0 Å². The fraction of sp³-hybridized carbons (Fsp3) is 1.00. The maximum atomic E-state index is 0. The van der Waals surface area contributed by atoms with E-state index in [-0.39, 0.29) is 31.8 Å². The number of halogens is 1. The van der Waals surface area contributed by atoms with Crippen molar-refractivity contribution in [3.8, 4) is 0 Å². The molecule has 0 amide bonds. The molecule has 4 heavy (non-hydrogen) atoms. The van der Waals surface area contributed by atoms with Gasteiger partial charge >= 0.3 is 0 Å². The Labute approximate surface area is 32.8 Å². The van der Waals surface area contributed by atoms with Crippen LogP contribution >= 0.6 is 13.5 Å². The first-order chi connectivity index (χ1) is 0. The van der Waals surface area contributed by atoms with Gasteiger partial charge in [0.15, 0.2) is 0 Å². The number of rotatable bonds is 0. The van der Waals surface area contributed by atoms with Crippen molar-refractivity contribution in [2.75, 3.05) is 0 Å². The van der Waals surface area contributed by atoms with Crippen molar-refractivity contribution in [1.29, 1.82) is 0 Å². The van der Waals surface area contributed by atoms with Crippen molar-refractivity contribution in [1.82, 2.24) is 6.15 Å². The zero-order chi connectivity index (χ0) is 0. The van der Waals surface area contributed by atoms with Gasteiger partial charge in [0.1, 0.15) is 0 Å². The molecule has 0 bridgehead atoms. The van der Waals surface area contributed by atoms with Crippen molar-refractivity contribution >= 4 is 13.5 Å². The second-order valence-electron chi connectivity index (χ2n) is 0. The van der Waals surface area contributed by atoms with Crippen molar-refractivity contribution in [3.63, 3.8) is 0 Å². The fourth-order valence-electron chi connectivity index (χ4n) is 0. The smallest absolute Gasteiger partial charge is 0.0776 e. The fourth-order valence-corrected chi connectivity index (χ4v) is 0. The third kappa shape index (κ3) is 59.8. The predicted octanol–water partition coefficient (Wildman–Crippen LogP) is 1.06. The molecule has 0 heterocycles. The van der Waals surface area contributed by atoms with E-state index in [1.807, 2.05) is 0 Å². The molecule has 0 saturated carbocycles. The largest absolute Gasteiger partial charge is 0.344 e. The molecule has 3 heteroatoms. The number of hydrogen-bond donors (Lipinski definition) is 1. The molecule has 0 spiro atoms. The molecule has 0 atom stereocenters. The van der Waals surface area contributed by atoms with Crippen LogP contribution in [0.2, 0.25) is 0 Å². The summed E-state index contributed by atoms with van der Waals surface area (Å²) >= 11 is 0. The standard InChI is InChI=1S/CH4.FH.H3N.H2S/h1H4;1H;1H3;1H2. The molecule has 0 aromatic heterocycles. The summed E-state index contributed by atoms with van der Waals surface area (Å²) < 4.78 is 0. The Bertz CT molecular complexity index is 8.00. The Balaban J connectivity index is 0. The lowest BCUT2D eigenvalue weighted by molar-refractivity contribution is 1.11. The lowest BCUT2D eigenvalue weighted by atomic mass is 12.0. The first-order valence-electron chi connectivity index (χ1n) is 0. The molecule has 0 saturated heterocycles. The summed E-state index contributed by atoms with van der Waals surface area (Å²) in [5.74, 6) is 0. The summed E-state index contributed by atoms with van der Waals surface area (Å²) in [5, 5.41) is 0. The van der Waals surface area contributed by atoms with Gasteiger partial charge in [-0.05, 0) is 0 Å². The highest BCUT2D eigenvalue weighted by molar-refractivity contribution is 7.59. The van der Waals surface area contributed by atoms with Crippen LogP contribution in [0.3, 0.4) is 0 Å². The monoisotopic (exact) mass is 87.1 g/mol. The normalized spacial score (nSPS) is 0. The second-order valence-corrected chi connectivity index (χ2v) is 0. The molecule has 0 rings (SSSR count). The maximum absolute atomic E-state index is 0. The average molecular weight is 87.2 g/mol. The Morgan fingerprint density at radius 1 is 1.00 bits per heavy atom. The summed E-state index contributed by atoms with van der Waals surface area (Å²) in [5.41, 5.74) is 0. The van der Waals surface area contributed by atoms with Crippen LogP contribution in [0.1, 0.15) is 7.43 Å². The molecule has 0 aliphatic heterocycles. The highest BCUT2D eigenvalue weighted by Crippen LogP contribution is 0.648. The quantitative estimate of drug-likeness (QED) is 0.471. The molecular weight excluding hydrogens is 77.1 g/mol. The second kappa shape index (κ2) is 282. The van der Waals surface area contributed by atoms with E-state index in [2.05, 4.69) is 0 Å². The van der Waals surface area contributed by atoms with Crippen LogP contribution in [0.5, 0.6) is 0 Å². The Morgan fingerprint density at radius 3 is 1.00 bits per heavy atom. The molecule has 1 nitrogen and oxygen atoms in total. The molecule has 32 valence electrons. The van der Waals surface area contributed by atoms with Gasteiger partial charge in [-0.15, -0.1) is 0 Å². The minimum absolute atomic E-state index is 0. The van der Waals surface area contributed by atoms with Gasteiger partial charge in [0.25, 0.3) is 0 Å². The van der Waals surface area contributed by atoms with E-state index in [4.69, 9.17) is 0 Å². The summed E-state index contributed by atoms with van der Waals surface area (Å²) in [6, 6.07) is 0. The molecule has 0 aromatic rings. The van der Waals surface area contributed by atoms with Crippen LogP contribution in [0.25, 0.3) is 0 Å². The van der Waals surface area contributed by atoms with E-state index in [1.165, 1.54) is 0 Å². The molecule has 0 aliphatic carbocycles. The van der Waals surface area contributed by atoms with Crippen LogP contribution in [-0.2, 0) is 0 Å². The molecular formula is CH10FNS. The predicted molar refractivity (Wildman–Crippen MR) is 24.6 cm³/mol. The highest BCUT2D eigenvalue weighted by atomic mass is 32.1. The zero-order valence-electron chi connectivity index (χ0n) is 1.62. The van der Waals surface area contributed by atoms with E-state index in [9.17, 15) is 0 Å². The highest BCUT2D eigenvalue weighted by Gasteiger charge is -0.0775. The van der Waals surface area contributed by atoms with Crippen LogP contribution in [-0.4, -0.2) is 0 Å². The molecule has 0 fully saturated rings. The SMILES string of the molecule is C.F.N.S. The lowest BCUT2D eigenvalue weighted by Gasteiger charge is -0.344. The van der Waals surface area contributed by atoms with Gasteiger partial charge < -0.3 is 6.15 Å². The summed E-state index contributed by atoms with van der Waals surface area (Å²) in [4.78, 5) is 0. The Kier molecular flexibility index (Phi) is 54500. The van der Waals surface area contributed by atoms with E-state index < -0.39 is 0 Å². The van der Waals surface area contributed by atoms with Gasteiger partial charge in [-0.3, -0.25) is 4.70 Å². The topological polar surface area (TPSA) is 35.0 Å². The average Bonchev–Trinajstić information content (AvgIpc) is 0. The number of hydrogen-bond acceptors (Lipinski definition) is 1. The van der Waals surface area contributed by atoms with Gasteiger partial charge in [0, 0.05) is 0 Å². The van der Waals surface area contributed by atoms with E-state index in [0.29, 0.717) is 0 Å². The van der Waals surface area contributed by atoms with Crippen molar-refractivity contribution in [3.05, 3.63) is 0 Å². The lowest BCUT2D eigenvalue weighted by Crippen LogP contribution is -0.481. The van der Waals surface area contributed by atoms with Crippen LogP contribution in [0.15, 0.2) is 0 Å². The van der Waals surface area contributed by atoms with Gasteiger partial charge in [-0.2, -0.15) is 13.5 Å². The van der Waals surface area contributed by atoms with Crippen LogP contribution < -0.4 is 6.15 Å². The first-order valence-corrected chi connectivity index (χ1v) is 0. The maximum Gasteiger partial charge on any atom is -0.0776 e. The summed E-state index contributed by atoms with van der Waals surface area (Å²) in [7, 11) is 0. The molecule has 0 aliphatic rings. The molecule has 0 radical (unpaired) electrons.